The fraction of sp³-hybridized carbons (Fsp3) is 0. The molecule has 0 atom stereocenters. The molecule has 4 rings (SSSR count). The first kappa shape index (κ1) is 22.0. The minimum atomic E-state index is -1.83. The van der Waals surface area contributed by atoms with Gasteiger partial charge in [0.1, 0.15) is 0 Å². The highest BCUT2D eigenvalue weighted by Gasteiger charge is 1.99. The molecule has 0 saturated carbocycles. The Labute approximate surface area is 175 Å². The van der Waals surface area contributed by atoms with Crippen LogP contribution >= 0.6 is 0 Å². The van der Waals surface area contributed by atoms with E-state index in [1.165, 1.54) is 11.1 Å². The van der Waals surface area contributed by atoms with Crippen LogP contribution in [0.2, 0.25) is 0 Å². The van der Waals surface area contributed by atoms with Gasteiger partial charge in [-0.05, 0) is 23.3 Å². The Bertz CT molecular complexity index is 967. The molecule has 0 aliphatic rings. The molecule has 0 spiro atoms. The smallest absolute Gasteiger partial charge is 0.450 e. The van der Waals surface area contributed by atoms with E-state index in [9.17, 15) is 0 Å². The average molecular weight is 400 g/mol. The number of carboxylic acid groups (broad SMARTS) is 2. The van der Waals surface area contributed by atoms with Gasteiger partial charge in [-0.2, -0.15) is 0 Å². The lowest BCUT2D eigenvalue weighted by molar-refractivity contribution is 0.137. The molecule has 4 aromatic rings. The summed E-state index contributed by atoms with van der Waals surface area (Å²) in [7, 11) is 0. The molecule has 0 radical (unpaired) electrons. The van der Waals surface area contributed by atoms with Crippen molar-refractivity contribution in [1.29, 1.82) is 0 Å². The summed E-state index contributed by atoms with van der Waals surface area (Å²) >= 11 is 0. The third-order valence-electron chi connectivity index (χ3n) is 4.09. The van der Waals surface area contributed by atoms with Crippen LogP contribution in [0, 0.1) is 0 Å². The Balaban J connectivity index is 0.000000182. The number of hydrogen-bond acceptors (Lipinski definition) is 3. The molecule has 6 N–H and O–H groups in total. The van der Waals surface area contributed by atoms with Gasteiger partial charge in [0.05, 0.1) is 0 Å². The Hall–Kier alpha value is -4.25. The van der Waals surface area contributed by atoms with Crippen LogP contribution in [0.25, 0.3) is 22.3 Å². The van der Waals surface area contributed by atoms with Gasteiger partial charge in [0.25, 0.3) is 0 Å². The van der Waals surface area contributed by atoms with Gasteiger partial charge in [-0.15, -0.1) is 0 Å². The molecule has 0 bridgehead atoms. The summed E-state index contributed by atoms with van der Waals surface area (Å²) in [4.78, 5) is 8.56. The van der Waals surface area contributed by atoms with Gasteiger partial charge >= 0.3 is 6.16 Å². The predicted octanol–water partition coefficient (Wildman–Crippen LogP) is 6.09. The summed E-state index contributed by atoms with van der Waals surface area (Å²) in [6.45, 7) is 0. The fourth-order valence-corrected chi connectivity index (χ4v) is 2.76. The molecular formula is C25H24N2O3. The molecule has 5 heteroatoms. The van der Waals surface area contributed by atoms with Crippen molar-refractivity contribution in [2.24, 2.45) is 0 Å². The maximum atomic E-state index is 8.56. The van der Waals surface area contributed by atoms with Crippen molar-refractivity contribution >= 4 is 17.5 Å². The summed E-state index contributed by atoms with van der Waals surface area (Å²) in [5.41, 5.74) is 17.9. The lowest BCUT2D eigenvalue weighted by Gasteiger charge is -2.03. The van der Waals surface area contributed by atoms with E-state index in [-0.39, 0.29) is 0 Å². The van der Waals surface area contributed by atoms with E-state index in [2.05, 4.69) is 24.3 Å². The first-order valence-electron chi connectivity index (χ1n) is 9.20. The lowest BCUT2D eigenvalue weighted by atomic mass is 10.0. The highest BCUT2D eigenvalue weighted by molar-refractivity contribution is 5.76. The van der Waals surface area contributed by atoms with E-state index in [1.54, 1.807) is 0 Å². The highest BCUT2D eigenvalue weighted by Crippen LogP contribution is 2.25. The second-order valence-corrected chi connectivity index (χ2v) is 6.19. The van der Waals surface area contributed by atoms with E-state index in [0.29, 0.717) is 0 Å². The third-order valence-corrected chi connectivity index (χ3v) is 4.09. The summed E-state index contributed by atoms with van der Waals surface area (Å²) in [6, 6.07) is 36.1. The monoisotopic (exact) mass is 400 g/mol. The minimum absolute atomic E-state index is 0.828. The van der Waals surface area contributed by atoms with Gasteiger partial charge in [0.15, 0.2) is 0 Å². The van der Waals surface area contributed by atoms with Gasteiger partial charge in [0.2, 0.25) is 0 Å². The SMILES string of the molecule is Nc1ccccc1-c1ccccc1.Nc1ccccc1-c1ccccc1.O=C(O)O. The van der Waals surface area contributed by atoms with Crippen molar-refractivity contribution in [3.63, 3.8) is 0 Å². The molecule has 0 amide bonds. The molecule has 30 heavy (non-hydrogen) atoms. The van der Waals surface area contributed by atoms with Crippen LogP contribution in [0.15, 0.2) is 109 Å². The summed E-state index contributed by atoms with van der Waals surface area (Å²) in [6.07, 6.45) is -1.83. The first-order valence-corrected chi connectivity index (χ1v) is 9.20. The average Bonchev–Trinajstić information content (AvgIpc) is 2.76. The molecular weight excluding hydrogens is 376 g/mol. The number of nitrogens with two attached hydrogens (primary N) is 2. The molecule has 0 saturated heterocycles. The summed E-state index contributed by atoms with van der Waals surface area (Å²) in [5, 5.41) is 13.9. The Morgan fingerprint density at radius 1 is 0.500 bits per heavy atom. The Kier molecular flexibility index (Phi) is 8.49. The van der Waals surface area contributed by atoms with Crippen molar-refractivity contribution in [3.05, 3.63) is 109 Å². The number of nitrogen functional groups attached to an aromatic ring is 2. The second kappa shape index (κ2) is 11.6. The number of hydrogen-bond donors (Lipinski definition) is 4. The number of rotatable bonds is 2. The molecule has 0 fully saturated rings. The van der Waals surface area contributed by atoms with Crippen LogP contribution in [-0.2, 0) is 0 Å². The summed E-state index contributed by atoms with van der Waals surface area (Å²) < 4.78 is 0. The number of carbonyl (C=O) groups is 1. The quantitative estimate of drug-likeness (QED) is 0.304. The van der Waals surface area contributed by atoms with Crippen LogP contribution in [-0.4, -0.2) is 16.4 Å². The van der Waals surface area contributed by atoms with Gasteiger partial charge < -0.3 is 21.7 Å². The van der Waals surface area contributed by atoms with Gasteiger partial charge in [-0.1, -0.05) is 97.1 Å². The normalized spacial score (nSPS) is 9.33. The molecule has 0 aromatic heterocycles. The largest absolute Gasteiger partial charge is 0.503 e. The van der Waals surface area contributed by atoms with Crippen molar-refractivity contribution in [2.75, 3.05) is 11.5 Å². The van der Waals surface area contributed by atoms with E-state index < -0.39 is 6.16 Å². The molecule has 5 nitrogen and oxygen atoms in total. The standard InChI is InChI=1S/2C12H11N.CH2O3/c2*13-12-9-5-4-8-11(12)10-6-2-1-3-7-10;2-1(3)4/h2*1-9H,13H2;(H2,2,3,4). The number of benzene rings is 4. The van der Waals surface area contributed by atoms with Crippen LogP contribution in [0.4, 0.5) is 16.2 Å². The zero-order chi connectivity index (χ0) is 21.8. The van der Waals surface area contributed by atoms with Crippen LogP contribution in [0.3, 0.4) is 0 Å². The van der Waals surface area contributed by atoms with Gasteiger partial charge in [-0.25, -0.2) is 4.79 Å². The molecule has 4 aromatic carbocycles. The molecule has 0 aliphatic heterocycles. The second-order valence-electron chi connectivity index (χ2n) is 6.19. The molecule has 0 unspecified atom stereocenters. The maximum Gasteiger partial charge on any atom is 0.503 e. The van der Waals surface area contributed by atoms with Gasteiger partial charge in [-0.3, -0.25) is 0 Å². The maximum absolute atomic E-state index is 8.56. The zero-order valence-electron chi connectivity index (χ0n) is 16.3. The van der Waals surface area contributed by atoms with Crippen molar-refractivity contribution < 1.29 is 15.0 Å². The summed E-state index contributed by atoms with van der Waals surface area (Å²) in [5.74, 6) is 0. The third kappa shape index (κ3) is 7.05. The Morgan fingerprint density at radius 3 is 1.07 bits per heavy atom. The predicted molar refractivity (Wildman–Crippen MR) is 123 cm³/mol. The topological polar surface area (TPSA) is 110 Å². The highest BCUT2D eigenvalue weighted by atomic mass is 16.6. The molecule has 0 heterocycles. The van der Waals surface area contributed by atoms with Crippen molar-refractivity contribution in [3.8, 4) is 22.3 Å². The van der Waals surface area contributed by atoms with Crippen LogP contribution in [0.1, 0.15) is 0 Å². The van der Waals surface area contributed by atoms with Crippen LogP contribution < -0.4 is 11.5 Å². The zero-order valence-corrected chi connectivity index (χ0v) is 16.3. The number of para-hydroxylation sites is 2. The van der Waals surface area contributed by atoms with Gasteiger partial charge in [0, 0.05) is 22.5 Å². The van der Waals surface area contributed by atoms with E-state index in [4.69, 9.17) is 26.5 Å². The minimum Gasteiger partial charge on any atom is -0.450 e. The lowest BCUT2D eigenvalue weighted by Crippen LogP contribution is -1.88. The first-order chi connectivity index (χ1) is 14.5. The van der Waals surface area contributed by atoms with Crippen molar-refractivity contribution in [1.82, 2.24) is 0 Å². The van der Waals surface area contributed by atoms with E-state index in [0.717, 1.165) is 22.5 Å². The fourth-order valence-electron chi connectivity index (χ4n) is 2.76. The van der Waals surface area contributed by atoms with E-state index in [1.807, 2.05) is 84.9 Å². The van der Waals surface area contributed by atoms with Crippen molar-refractivity contribution in [2.45, 2.75) is 0 Å². The van der Waals surface area contributed by atoms with E-state index >= 15 is 0 Å². The molecule has 152 valence electrons. The number of anilines is 2. The van der Waals surface area contributed by atoms with Crippen LogP contribution in [0.5, 0.6) is 0 Å². The molecule has 0 aliphatic carbocycles. The Morgan fingerprint density at radius 2 is 0.767 bits per heavy atom.